The third-order valence-electron chi connectivity index (χ3n) is 3.20. The normalized spacial score (nSPS) is 14.3. The molecule has 1 aromatic carbocycles. The van der Waals surface area contributed by atoms with Gasteiger partial charge in [-0.25, -0.2) is 0 Å². The Kier molecular flexibility index (Phi) is 4.90. The zero-order chi connectivity index (χ0) is 13.5. The first kappa shape index (κ1) is 13.5. The highest BCUT2D eigenvalue weighted by Gasteiger charge is 2.13. The van der Waals surface area contributed by atoms with Crippen molar-refractivity contribution in [3.05, 3.63) is 47.5 Å². The molecule has 0 bridgehead atoms. The van der Waals surface area contributed by atoms with E-state index in [1.165, 1.54) is 5.56 Å². The van der Waals surface area contributed by atoms with Crippen LogP contribution in [0.5, 0.6) is 0 Å². The van der Waals surface area contributed by atoms with Crippen LogP contribution >= 0.6 is 0 Å². The number of hydrogen-bond donors (Lipinski definition) is 0. The monoisotopic (exact) mass is 258 g/mol. The van der Waals surface area contributed by atoms with E-state index in [-0.39, 0.29) is 11.8 Å². The molecule has 2 rings (SSSR count). The van der Waals surface area contributed by atoms with Gasteiger partial charge in [-0.15, -0.1) is 0 Å². The van der Waals surface area contributed by atoms with Crippen molar-refractivity contribution in [1.82, 2.24) is 0 Å². The summed E-state index contributed by atoms with van der Waals surface area (Å²) in [6.07, 6.45) is 4.82. The third-order valence-corrected chi connectivity index (χ3v) is 3.20. The molecule has 0 aromatic heterocycles. The number of ether oxygens (including phenoxy) is 1. The maximum Gasteiger partial charge on any atom is 0.306 e. The van der Waals surface area contributed by atoms with Crippen molar-refractivity contribution in [1.29, 1.82) is 0 Å². The number of benzene rings is 1. The maximum absolute atomic E-state index is 11.5. The van der Waals surface area contributed by atoms with Crippen LogP contribution in [0.3, 0.4) is 0 Å². The maximum atomic E-state index is 11.5. The fraction of sp³-hybridized carbons (Fsp3) is 0.375. The second-order valence-corrected chi connectivity index (χ2v) is 4.72. The Balaban J connectivity index is 1.62. The van der Waals surface area contributed by atoms with Gasteiger partial charge < -0.3 is 4.74 Å². The molecular weight excluding hydrogens is 240 g/mol. The van der Waals surface area contributed by atoms with Crippen LogP contribution in [0.2, 0.25) is 0 Å². The number of allylic oxidation sites excluding steroid dienone is 2. The number of hydrogen-bond acceptors (Lipinski definition) is 3. The summed E-state index contributed by atoms with van der Waals surface area (Å²) in [4.78, 5) is 22.6. The van der Waals surface area contributed by atoms with Crippen LogP contribution in [0.25, 0.3) is 0 Å². The van der Waals surface area contributed by atoms with Gasteiger partial charge in [-0.3, -0.25) is 9.59 Å². The fourth-order valence-electron chi connectivity index (χ4n) is 2.12. The number of rotatable bonds is 6. The van der Waals surface area contributed by atoms with Crippen LogP contribution in [0.4, 0.5) is 0 Å². The second kappa shape index (κ2) is 6.88. The van der Waals surface area contributed by atoms with E-state index >= 15 is 0 Å². The van der Waals surface area contributed by atoms with Gasteiger partial charge in [0.1, 0.15) is 0 Å². The van der Waals surface area contributed by atoms with Crippen LogP contribution in [0.15, 0.2) is 42.0 Å². The van der Waals surface area contributed by atoms with Gasteiger partial charge in [0.15, 0.2) is 5.78 Å². The van der Waals surface area contributed by atoms with E-state index in [2.05, 4.69) is 0 Å². The number of esters is 1. The Hall–Kier alpha value is -1.90. The van der Waals surface area contributed by atoms with Gasteiger partial charge in [0.25, 0.3) is 0 Å². The zero-order valence-corrected chi connectivity index (χ0v) is 10.9. The van der Waals surface area contributed by atoms with E-state index < -0.39 is 0 Å². The molecule has 0 N–H and O–H groups in total. The molecule has 3 heteroatoms. The van der Waals surface area contributed by atoms with Crippen molar-refractivity contribution in [2.24, 2.45) is 0 Å². The Morgan fingerprint density at radius 1 is 1.11 bits per heavy atom. The average molecular weight is 258 g/mol. The molecule has 0 radical (unpaired) electrons. The molecule has 0 atom stereocenters. The third kappa shape index (κ3) is 4.70. The Labute approximate surface area is 113 Å². The summed E-state index contributed by atoms with van der Waals surface area (Å²) in [6.45, 7) is 0.417. The highest BCUT2D eigenvalue weighted by Crippen LogP contribution is 2.19. The van der Waals surface area contributed by atoms with E-state index in [1.54, 1.807) is 6.08 Å². The molecule has 19 heavy (non-hydrogen) atoms. The lowest BCUT2D eigenvalue weighted by Gasteiger charge is -2.05. The highest BCUT2D eigenvalue weighted by atomic mass is 16.5. The Morgan fingerprint density at radius 3 is 2.58 bits per heavy atom. The van der Waals surface area contributed by atoms with Crippen molar-refractivity contribution in [2.75, 3.05) is 6.61 Å². The predicted molar refractivity (Wildman–Crippen MR) is 72.7 cm³/mol. The van der Waals surface area contributed by atoms with Crippen molar-refractivity contribution < 1.29 is 14.3 Å². The minimum atomic E-state index is -0.184. The van der Waals surface area contributed by atoms with E-state index in [0.29, 0.717) is 25.9 Å². The van der Waals surface area contributed by atoms with E-state index in [1.807, 2.05) is 30.3 Å². The van der Waals surface area contributed by atoms with E-state index in [9.17, 15) is 9.59 Å². The molecule has 0 aliphatic heterocycles. The molecule has 0 saturated carbocycles. The summed E-state index contributed by atoms with van der Waals surface area (Å²) in [6, 6.07) is 9.94. The van der Waals surface area contributed by atoms with Crippen molar-refractivity contribution >= 4 is 11.8 Å². The van der Waals surface area contributed by atoms with Crippen LogP contribution < -0.4 is 0 Å². The van der Waals surface area contributed by atoms with Gasteiger partial charge in [0.2, 0.25) is 0 Å². The van der Waals surface area contributed by atoms with Gasteiger partial charge in [0, 0.05) is 19.3 Å². The summed E-state index contributed by atoms with van der Waals surface area (Å²) in [7, 11) is 0. The van der Waals surface area contributed by atoms with Crippen LogP contribution in [0.1, 0.15) is 31.2 Å². The molecule has 1 aromatic rings. The lowest BCUT2D eigenvalue weighted by atomic mass is 10.1. The first-order valence-electron chi connectivity index (χ1n) is 6.66. The first-order valence-corrected chi connectivity index (χ1v) is 6.66. The van der Waals surface area contributed by atoms with Crippen LogP contribution in [0, 0.1) is 0 Å². The molecule has 0 spiro atoms. The summed E-state index contributed by atoms with van der Waals surface area (Å²) >= 11 is 0. The van der Waals surface area contributed by atoms with Crippen molar-refractivity contribution in [3.8, 4) is 0 Å². The lowest BCUT2D eigenvalue weighted by Crippen LogP contribution is -2.07. The lowest BCUT2D eigenvalue weighted by molar-refractivity contribution is -0.143. The van der Waals surface area contributed by atoms with Gasteiger partial charge in [-0.05, 0) is 24.5 Å². The van der Waals surface area contributed by atoms with Gasteiger partial charge in [-0.1, -0.05) is 35.9 Å². The molecule has 0 amide bonds. The standard InChI is InChI=1S/C16H18O3/c17-15-8-6-14(12-15)7-9-16(18)19-11-10-13-4-2-1-3-5-13/h1-5,12H,6-11H2. The van der Waals surface area contributed by atoms with Crippen LogP contribution in [-0.4, -0.2) is 18.4 Å². The zero-order valence-electron chi connectivity index (χ0n) is 10.9. The molecular formula is C16H18O3. The van der Waals surface area contributed by atoms with Crippen LogP contribution in [-0.2, 0) is 20.7 Å². The summed E-state index contributed by atoms with van der Waals surface area (Å²) in [5, 5.41) is 0. The first-order chi connectivity index (χ1) is 9.24. The average Bonchev–Trinajstić information content (AvgIpc) is 2.83. The fourth-order valence-corrected chi connectivity index (χ4v) is 2.12. The molecule has 0 saturated heterocycles. The molecule has 0 heterocycles. The minimum Gasteiger partial charge on any atom is -0.465 e. The summed E-state index contributed by atoms with van der Waals surface area (Å²) in [5.41, 5.74) is 2.24. The molecule has 1 aliphatic carbocycles. The molecule has 1 aliphatic rings. The molecule has 0 unspecified atom stereocenters. The highest BCUT2D eigenvalue weighted by molar-refractivity contribution is 5.93. The topological polar surface area (TPSA) is 43.4 Å². The number of carbonyl (C=O) groups is 2. The van der Waals surface area contributed by atoms with Gasteiger partial charge >= 0.3 is 5.97 Å². The smallest absolute Gasteiger partial charge is 0.306 e. The van der Waals surface area contributed by atoms with E-state index in [4.69, 9.17) is 4.74 Å². The number of carbonyl (C=O) groups excluding carboxylic acids is 2. The summed E-state index contributed by atoms with van der Waals surface area (Å²) < 4.78 is 5.18. The summed E-state index contributed by atoms with van der Waals surface area (Å²) in [5.74, 6) is -0.0105. The predicted octanol–water partition coefficient (Wildman–Crippen LogP) is 2.84. The van der Waals surface area contributed by atoms with E-state index in [0.717, 1.165) is 18.4 Å². The Morgan fingerprint density at radius 2 is 1.89 bits per heavy atom. The number of ketones is 1. The molecule has 100 valence electrons. The SMILES string of the molecule is O=C1C=C(CCC(=O)OCCc2ccccc2)CC1. The van der Waals surface area contributed by atoms with Gasteiger partial charge in [-0.2, -0.15) is 0 Å². The largest absolute Gasteiger partial charge is 0.465 e. The second-order valence-electron chi connectivity index (χ2n) is 4.72. The van der Waals surface area contributed by atoms with Gasteiger partial charge in [0.05, 0.1) is 6.61 Å². The minimum absolute atomic E-state index is 0.174. The quantitative estimate of drug-likeness (QED) is 0.737. The molecule has 0 fully saturated rings. The Bertz CT molecular complexity index is 474. The van der Waals surface area contributed by atoms with Crippen molar-refractivity contribution in [3.63, 3.8) is 0 Å². The van der Waals surface area contributed by atoms with Crippen molar-refractivity contribution in [2.45, 2.75) is 32.1 Å². The molecule has 3 nitrogen and oxygen atoms in total.